The molecule has 0 spiro atoms. The lowest BCUT2D eigenvalue weighted by Crippen LogP contribution is -2.20. The van der Waals surface area contributed by atoms with Gasteiger partial charge >= 0.3 is 5.97 Å². The Balaban J connectivity index is 1.95. The summed E-state index contributed by atoms with van der Waals surface area (Å²) in [6.07, 6.45) is 1.92. The number of benzene rings is 2. The van der Waals surface area contributed by atoms with E-state index < -0.39 is 0 Å². The van der Waals surface area contributed by atoms with Gasteiger partial charge in [-0.3, -0.25) is 0 Å². The van der Waals surface area contributed by atoms with E-state index in [4.69, 9.17) is 14.2 Å². The van der Waals surface area contributed by atoms with Crippen molar-refractivity contribution in [2.75, 3.05) is 19.8 Å². The Kier molecular flexibility index (Phi) is 8.16. The first-order chi connectivity index (χ1) is 12.6. The predicted molar refractivity (Wildman–Crippen MR) is 104 cm³/mol. The maximum Gasteiger partial charge on any atom is 0.338 e. The summed E-state index contributed by atoms with van der Waals surface area (Å²) >= 11 is 0. The van der Waals surface area contributed by atoms with Crippen LogP contribution in [-0.4, -0.2) is 31.9 Å². The largest absolute Gasteiger partial charge is 0.494 e. The fraction of sp³-hybridized carbons (Fsp3) is 0.409. The molecule has 0 fully saturated rings. The van der Waals surface area contributed by atoms with Gasteiger partial charge in [-0.25, -0.2) is 4.79 Å². The molecule has 0 saturated heterocycles. The molecule has 2 aromatic carbocycles. The number of carbonyl (C=O) groups excluding carboxylic acids is 1. The van der Waals surface area contributed by atoms with Gasteiger partial charge in [0.15, 0.2) is 0 Å². The lowest BCUT2D eigenvalue weighted by atomic mass is 10.0. The van der Waals surface area contributed by atoms with Crippen molar-refractivity contribution in [1.82, 2.24) is 0 Å². The van der Waals surface area contributed by atoms with Crippen LogP contribution in [0.25, 0.3) is 11.1 Å². The number of esters is 1. The number of rotatable bonds is 10. The van der Waals surface area contributed by atoms with Crippen LogP contribution in [0.5, 0.6) is 5.75 Å². The Labute approximate surface area is 156 Å². The van der Waals surface area contributed by atoms with Gasteiger partial charge in [0.05, 0.1) is 18.8 Å². The van der Waals surface area contributed by atoms with E-state index in [2.05, 4.69) is 6.92 Å². The molecule has 0 amide bonds. The van der Waals surface area contributed by atoms with Gasteiger partial charge in [-0.2, -0.15) is 0 Å². The molecule has 0 heterocycles. The summed E-state index contributed by atoms with van der Waals surface area (Å²) in [7, 11) is 0. The summed E-state index contributed by atoms with van der Waals surface area (Å²) in [5.41, 5.74) is 2.66. The molecular formula is C22H28O4. The van der Waals surface area contributed by atoms with E-state index >= 15 is 0 Å². The number of carbonyl (C=O) groups is 1. The average Bonchev–Trinajstić information content (AvgIpc) is 2.67. The van der Waals surface area contributed by atoms with Crippen LogP contribution in [0.3, 0.4) is 0 Å². The quantitative estimate of drug-likeness (QED) is 0.438. The summed E-state index contributed by atoms with van der Waals surface area (Å²) in [4.78, 5) is 12.1. The van der Waals surface area contributed by atoms with Crippen molar-refractivity contribution in [2.24, 2.45) is 0 Å². The Bertz CT molecular complexity index is 662. The van der Waals surface area contributed by atoms with Crippen LogP contribution >= 0.6 is 0 Å². The minimum atomic E-state index is -0.330. The molecule has 0 radical (unpaired) electrons. The first-order valence-corrected chi connectivity index (χ1v) is 9.26. The second-order valence-corrected chi connectivity index (χ2v) is 6.18. The van der Waals surface area contributed by atoms with Crippen LogP contribution in [0.2, 0.25) is 0 Å². The SMILES string of the molecule is CCCCOc1ccc(-c2ccc(C(=O)OC(C)COCC)cc2)cc1. The van der Waals surface area contributed by atoms with Crippen molar-refractivity contribution in [2.45, 2.75) is 39.7 Å². The summed E-state index contributed by atoms with van der Waals surface area (Å²) in [6, 6.07) is 15.4. The number of unbranched alkanes of at least 4 members (excludes halogenated alkanes) is 1. The molecule has 0 N–H and O–H groups in total. The van der Waals surface area contributed by atoms with Crippen LogP contribution in [0, 0.1) is 0 Å². The molecule has 26 heavy (non-hydrogen) atoms. The maximum absolute atomic E-state index is 12.1. The molecule has 2 rings (SSSR count). The fourth-order valence-corrected chi connectivity index (χ4v) is 2.45. The van der Waals surface area contributed by atoms with Crippen LogP contribution in [0.4, 0.5) is 0 Å². The van der Waals surface area contributed by atoms with E-state index in [-0.39, 0.29) is 12.1 Å². The zero-order valence-corrected chi connectivity index (χ0v) is 15.9. The molecule has 0 saturated carbocycles. The van der Waals surface area contributed by atoms with Crippen molar-refractivity contribution < 1.29 is 19.0 Å². The van der Waals surface area contributed by atoms with Gasteiger partial charge < -0.3 is 14.2 Å². The Morgan fingerprint density at radius 3 is 2.15 bits per heavy atom. The summed E-state index contributed by atoms with van der Waals surface area (Å²) < 4.78 is 16.3. The second kappa shape index (κ2) is 10.6. The second-order valence-electron chi connectivity index (χ2n) is 6.18. The first-order valence-electron chi connectivity index (χ1n) is 9.26. The van der Waals surface area contributed by atoms with E-state index in [0.29, 0.717) is 18.8 Å². The van der Waals surface area contributed by atoms with Crippen molar-refractivity contribution in [3.8, 4) is 16.9 Å². The minimum Gasteiger partial charge on any atom is -0.494 e. The smallest absolute Gasteiger partial charge is 0.338 e. The van der Waals surface area contributed by atoms with Gasteiger partial charge in [0.1, 0.15) is 11.9 Å². The molecule has 140 valence electrons. The van der Waals surface area contributed by atoms with E-state index in [1.165, 1.54) is 0 Å². The first kappa shape index (κ1) is 20.0. The highest BCUT2D eigenvalue weighted by atomic mass is 16.6. The Morgan fingerprint density at radius 2 is 1.58 bits per heavy atom. The summed E-state index contributed by atoms with van der Waals surface area (Å²) in [5, 5.41) is 0. The van der Waals surface area contributed by atoms with E-state index in [1.54, 1.807) is 12.1 Å². The molecule has 1 unspecified atom stereocenters. The fourth-order valence-electron chi connectivity index (χ4n) is 2.45. The molecule has 0 aliphatic carbocycles. The molecule has 4 nitrogen and oxygen atoms in total. The standard InChI is InChI=1S/C22H28O4/c1-4-6-15-25-21-13-11-19(12-14-21)18-7-9-20(10-8-18)22(23)26-17(3)16-24-5-2/h7-14,17H,4-6,15-16H2,1-3H3. The lowest BCUT2D eigenvalue weighted by Gasteiger charge is -2.13. The third-order valence-electron chi connectivity index (χ3n) is 3.94. The third-order valence-corrected chi connectivity index (χ3v) is 3.94. The van der Waals surface area contributed by atoms with Gasteiger partial charge in [-0.05, 0) is 55.7 Å². The number of hydrogen-bond acceptors (Lipinski definition) is 4. The van der Waals surface area contributed by atoms with Crippen LogP contribution in [-0.2, 0) is 9.47 Å². The normalized spacial score (nSPS) is 11.8. The Hall–Kier alpha value is -2.33. The van der Waals surface area contributed by atoms with E-state index in [0.717, 1.165) is 36.3 Å². The number of hydrogen-bond donors (Lipinski definition) is 0. The summed E-state index contributed by atoms with van der Waals surface area (Å²) in [5.74, 6) is 0.550. The monoisotopic (exact) mass is 356 g/mol. The highest BCUT2D eigenvalue weighted by Crippen LogP contribution is 2.23. The molecule has 2 aromatic rings. The molecule has 0 bridgehead atoms. The summed E-state index contributed by atoms with van der Waals surface area (Å²) in [6.45, 7) is 7.65. The third kappa shape index (κ3) is 6.19. The predicted octanol–water partition coefficient (Wildman–Crippen LogP) is 5.11. The van der Waals surface area contributed by atoms with Gasteiger partial charge in [0, 0.05) is 6.61 Å². The van der Waals surface area contributed by atoms with Crippen LogP contribution in [0.1, 0.15) is 44.0 Å². The maximum atomic E-state index is 12.1. The molecule has 1 atom stereocenters. The van der Waals surface area contributed by atoms with Crippen LogP contribution in [0.15, 0.2) is 48.5 Å². The lowest BCUT2D eigenvalue weighted by molar-refractivity contribution is 0.00440. The minimum absolute atomic E-state index is 0.262. The molecule has 0 aromatic heterocycles. The number of ether oxygens (including phenoxy) is 3. The van der Waals surface area contributed by atoms with Gasteiger partial charge in [0.25, 0.3) is 0 Å². The highest BCUT2D eigenvalue weighted by molar-refractivity contribution is 5.90. The average molecular weight is 356 g/mol. The van der Waals surface area contributed by atoms with Crippen LogP contribution < -0.4 is 4.74 Å². The van der Waals surface area contributed by atoms with E-state index in [1.807, 2.05) is 50.2 Å². The highest BCUT2D eigenvalue weighted by Gasteiger charge is 2.12. The van der Waals surface area contributed by atoms with Gasteiger partial charge in [-0.15, -0.1) is 0 Å². The zero-order valence-electron chi connectivity index (χ0n) is 15.9. The zero-order chi connectivity index (χ0) is 18.8. The Morgan fingerprint density at radius 1 is 0.962 bits per heavy atom. The van der Waals surface area contributed by atoms with Crippen molar-refractivity contribution >= 4 is 5.97 Å². The van der Waals surface area contributed by atoms with E-state index in [9.17, 15) is 4.79 Å². The molecule has 0 aliphatic heterocycles. The molecule has 4 heteroatoms. The molecular weight excluding hydrogens is 328 g/mol. The van der Waals surface area contributed by atoms with Crippen molar-refractivity contribution in [3.63, 3.8) is 0 Å². The van der Waals surface area contributed by atoms with Crippen molar-refractivity contribution in [3.05, 3.63) is 54.1 Å². The topological polar surface area (TPSA) is 44.8 Å². The van der Waals surface area contributed by atoms with Gasteiger partial charge in [-0.1, -0.05) is 37.6 Å². The molecule has 0 aliphatic rings. The van der Waals surface area contributed by atoms with Crippen molar-refractivity contribution in [1.29, 1.82) is 0 Å². The van der Waals surface area contributed by atoms with Gasteiger partial charge in [0.2, 0.25) is 0 Å².